The van der Waals surface area contributed by atoms with Gasteiger partial charge in [0.05, 0.1) is 6.10 Å². The van der Waals surface area contributed by atoms with Crippen LogP contribution in [0.3, 0.4) is 0 Å². The average Bonchev–Trinajstić information content (AvgIpc) is 1.94. The van der Waals surface area contributed by atoms with Gasteiger partial charge in [-0.15, -0.1) is 13.1 Å². The van der Waals surface area contributed by atoms with Gasteiger partial charge in [-0.25, -0.2) is 0 Å². The van der Waals surface area contributed by atoms with Crippen molar-refractivity contribution in [2.24, 2.45) is 0 Å². The third-order valence-electron chi connectivity index (χ3n) is 1.24. The van der Waals surface area contributed by atoms with Gasteiger partial charge >= 0.3 is 29.3 Å². The maximum atomic E-state index is 8.85. The van der Waals surface area contributed by atoms with Crippen molar-refractivity contribution >= 4 is 4.06 Å². The molecule has 1 rings (SSSR count). The molecule has 1 heterocycles. The van der Waals surface area contributed by atoms with Gasteiger partial charge in [-0.05, 0) is 12.8 Å². The molecule has 0 saturated carbocycles. The molecular formula is C6H12CdNO-. The van der Waals surface area contributed by atoms with Crippen LogP contribution in [-0.2, 0) is 25.3 Å². The first-order valence-electron chi connectivity index (χ1n) is 3.21. The summed E-state index contributed by atoms with van der Waals surface area (Å²) in [6, 6.07) is 0. The minimum absolute atomic E-state index is 0.0579. The predicted octanol–water partition coefficient (Wildman–Crippen LogP) is 0.480. The van der Waals surface area contributed by atoms with Crippen LogP contribution in [0.15, 0.2) is 0 Å². The quantitative estimate of drug-likeness (QED) is 0.599. The van der Waals surface area contributed by atoms with Gasteiger partial charge in [0.1, 0.15) is 0 Å². The fraction of sp³-hybridized carbons (Fsp3) is 0.833. The molecule has 0 aromatic carbocycles. The number of rotatable bonds is 0. The standard InChI is InChI=1S/C5H10NO.CH2.Cd/c7-5-1-3-6-4-2-5;;/h5,7H,1-4H2;1H2;/q-1;;. The van der Waals surface area contributed by atoms with Crippen LogP contribution in [0.1, 0.15) is 12.8 Å². The second-order valence-electron chi connectivity index (χ2n) is 1.90. The van der Waals surface area contributed by atoms with E-state index < -0.39 is 0 Å². The van der Waals surface area contributed by atoms with Crippen LogP contribution in [-0.4, -0.2) is 28.4 Å². The van der Waals surface area contributed by atoms with Crippen molar-refractivity contribution in [3.8, 4) is 0 Å². The van der Waals surface area contributed by atoms with E-state index in [0.717, 1.165) is 51.2 Å². The Bertz CT molecular complexity index is 64.1. The van der Waals surface area contributed by atoms with Gasteiger partial charge in [-0.1, -0.05) is 0 Å². The number of hydrogen-bond acceptors (Lipinski definition) is 1. The van der Waals surface area contributed by atoms with Crippen LogP contribution in [0.4, 0.5) is 0 Å². The summed E-state index contributed by atoms with van der Waals surface area (Å²) in [5.41, 5.74) is 0. The van der Waals surface area contributed by atoms with Crippen molar-refractivity contribution in [1.82, 2.24) is 0 Å². The summed E-state index contributed by atoms with van der Waals surface area (Å²) in [4.78, 5) is 0. The Kier molecular flexibility index (Phi) is 7.37. The van der Waals surface area contributed by atoms with E-state index >= 15 is 0 Å². The summed E-state index contributed by atoms with van der Waals surface area (Å²) in [5.74, 6) is 0. The molecule has 50 valence electrons. The van der Waals surface area contributed by atoms with Crippen LogP contribution in [0, 0.1) is 0 Å². The van der Waals surface area contributed by atoms with Gasteiger partial charge in [0.25, 0.3) is 0 Å². The number of piperidine rings is 1. The van der Waals surface area contributed by atoms with E-state index in [-0.39, 0.29) is 6.10 Å². The molecule has 9 heavy (non-hydrogen) atoms. The van der Waals surface area contributed by atoms with E-state index in [1.54, 1.807) is 0 Å². The summed E-state index contributed by atoms with van der Waals surface area (Å²) in [5, 5.41) is 12.9. The monoisotopic (exact) mass is 228 g/mol. The first-order valence-corrected chi connectivity index (χ1v) is 6.06. The molecule has 1 aliphatic rings. The van der Waals surface area contributed by atoms with Gasteiger partial charge in [0.2, 0.25) is 0 Å². The average molecular weight is 227 g/mol. The van der Waals surface area contributed by atoms with Crippen molar-refractivity contribution in [3.05, 3.63) is 5.32 Å². The molecule has 0 aliphatic carbocycles. The molecule has 0 bridgehead atoms. The summed E-state index contributed by atoms with van der Waals surface area (Å²) in [6.07, 6.45) is 1.69. The number of hydrogen-bond donors (Lipinski definition) is 1. The molecule has 2 nitrogen and oxygen atoms in total. The SMILES string of the molecule is OC1CC[N-]CC1.[CH2]=[Cd]. The molecule has 1 fully saturated rings. The van der Waals surface area contributed by atoms with E-state index in [0.29, 0.717) is 0 Å². The van der Waals surface area contributed by atoms with Gasteiger partial charge in [-0.3, -0.25) is 0 Å². The Morgan fingerprint density at radius 3 is 2.00 bits per heavy atom. The molecule has 0 aromatic rings. The van der Waals surface area contributed by atoms with Gasteiger partial charge in [-0.2, -0.15) is 0 Å². The Balaban J connectivity index is 0.000000291. The third-order valence-corrected chi connectivity index (χ3v) is 1.24. The van der Waals surface area contributed by atoms with Crippen LogP contribution < -0.4 is 0 Å². The third kappa shape index (κ3) is 5.17. The first-order chi connectivity index (χ1) is 4.39. The maximum absolute atomic E-state index is 8.85. The zero-order chi connectivity index (χ0) is 7.11. The van der Waals surface area contributed by atoms with Crippen LogP contribution in [0.5, 0.6) is 0 Å². The summed E-state index contributed by atoms with van der Waals surface area (Å²) >= 11 is 0.900. The Hall–Kier alpha value is 0.712. The van der Waals surface area contributed by atoms with Crippen LogP contribution in [0.2, 0.25) is 0 Å². The van der Waals surface area contributed by atoms with Gasteiger partial charge in [0, 0.05) is 0 Å². The van der Waals surface area contributed by atoms with Crippen molar-refractivity contribution in [2.75, 3.05) is 13.1 Å². The topological polar surface area (TPSA) is 34.3 Å². The fourth-order valence-electron chi connectivity index (χ4n) is 0.737. The molecule has 0 radical (unpaired) electrons. The van der Waals surface area contributed by atoms with E-state index in [1.165, 1.54) is 0 Å². The Labute approximate surface area is 71.8 Å². The van der Waals surface area contributed by atoms with E-state index in [4.69, 9.17) is 5.11 Å². The van der Waals surface area contributed by atoms with E-state index in [1.807, 2.05) is 0 Å². The molecular weight excluding hydrogens is 214 g/mol. The van der Waals surface area contributed by atoms with E-state index in [2.05, 4.69) is 9.38 Å². The van der Waals surface area contributed by atoms with Crippen molar-refractivity contribution in [1.29, 1.82) is 0 Å². The second-order valence-corrected chi connectivity index (χ2v) is 1.90. The van der Waals surface area contributed by atoms with Crippen molar-refractivity contribution in [2.45, 2.75) is 18.9 Å². The van der Waals surface area contributed by atoms with Crippen LogP contribution in [0.25, 0.3) is 5.32 Å². The molecule has 1 N–H and O–H groups in total. The van der Waals surface area contributed by atoms with Gasteiger partial charge < -0.3 is 10.4 Å². The number of aliphatic hydroxyl groups is 1. The van der Waals surface area contributed by atoms with Crippen molar-refractivity contribution in [3.63, 3.8) is 0 Å². The van der Waals surface area contributed by atoms with Crippen molar-refractivity contribution < 1.29 is 30.4 Å². The summed E-state index contributed by atoms with van der Waals surface area (Å²) < 4.78 is 3.42. The fourth-order valence-corrected chi connectivity index (χ4v) is 0.737. The Morgan fingerprint density at radius 2 is 1.78 bits per heavy atom. The zero-order valence-corrected chi connectivity index (χ0v) is 9.75. The molecule has 0 unspecified atom stereocenters. The zero-order valence-electron chi connectivity index (χ0n) is 5.71. The normalized spacial score (nSPS) is 20.3. The molecule has 0 atom stereocenters. The second kappa shape index (κ2) is 6.83. The molecule has 3 heteroatoms. The molecule has 1 saturated heterocycles. The molecule has 1 aliphatic heterocycles. The molecule has 0 aromatic heterocycles. The predicted molar refractivity (Wildman–Crippen MR) is 35.5 cm³/mol. The summed E-state index contributed by atoms with van der Waals surface area (Å²) in [6.45, 7) is 1.72. The molecule has 0 amide bonds. The minimum atomic E-state index is -0.0579. The number of aliphatic hydroxyl groups excluding tert-OH is 1. The first kappa shape index (κ1) is 9.71. The van der Waals surface area contributed by atoms with Crippen LogP contribution >= 0.6 is 0 Å². The summed E-state index contributed by atoms with van der Waals surface area (Å²) in [7, 11) is 0. The van der Waals surface area contributed by atoms with Gasteiger partial charge in [0.15, 0.2) is 0 Å². The number of nitrogens with zero attached hydrogens (tertiary/aromatic N) is 1. The Morgan fingerprint density at radius 1 is 1.33 bits per heavy atom. The molecule has 0 spiro atoms. The van der Waals surface area contributed by atoms with E-state index in [9.17, 15) is 0 Å².